The zero-order chi connectivity index (χ0) is 15.5. The summed E-state index contributed by atoms with van der Waals surface area (Å²) in [7, 11) is 0. The van der Waals surface area contributed by atoms with Gasteiger partial charge in [0.25, 0.3) is 0 Å². The Balaban J connectivity index is 2.31. The van der Waals surface area contributed by atoms with Gasteiger partial charge in [0.15, 0.2) is 6.29 Å². The number of nitriles is 1. The van der Waals surface area contributed by atoms with E-state index in [4.69, 9.17) is 10.00 Å². The molecule has 0 atom stereocenters. The molecule has 3 nitrogen and oxygen atoms in total. The minimum Gasteiger partial charge on any atom is -0.457 e. The fourth-order valence-corrected chi connectivity index (χ4v) is 1.63. The smallest absolute Gasteiger partial charge is 0.416 e. The van der Waals surface area contributed by atoms with Crippen molar-refractivity contribution in [1.82, 2.24) is 0 Å². The largest absolute Gasteiger partial charge is 0.457 e. The van der Waals surface area contributed by atoms with Gasteiger partial charge in [-0.2, -0.15) is 18.4 Å². The van der Waals surface area contributed by atoms with Crippen LogP contribution in [0.2, 0.25) is 0 Å². The monoisotopic (exact) mass is 291 g/mol. The van der Waals surface area contributed by atoms with Crippen LogP contribution in [0.15, 0.2) is 42.5 Å². The average molecular weight is 291 g/mol. The topological polar surface area (TPSA) is 50.1 Å². The van der Waals surface area contributed by atoms with Gasteiger partial charge in [-0.15, -0.1) is 0 Å². The number of hydrogen-bond donors (Lipinski definition) is 0. The quantitative estimate of drug-likeness (QED) is 0.797. The molecule has 2 aromatic rings. The Hall–Kier alpha value is -2.81. The van der Waals surface area contributed by atoms with E-state index in [0.717, 1.165) is 18.2 Å². The van der Waals surface area contributed by atoms with Crippen LogP contribution in [-0.2, 0) is 6.18 Å². The van der Waals surface area contributed by atoms with E-state index in [0.29, 0.717) is 17.6 Å². The Bertz CT molecular complexity index is 700. The highest BCUT2D eigenvalue weighted by atomic mass is 19.4. The Labute approximate surface area is 118 Å². The van der Waals surface area contributed by atoms with Crippen LogP contribution in [0.1, 0.15) is 21.5 Å². The maximum Gasteiger partial charge on any atom is 0.416 e. The summed E-state index contributed by atoms with van der Waals surface area (Å²) in [5, 5.41) is 8.66. The van der Waals surface area contributed by atoms with Crippen LogP contribution in [-0.4, -0.2) is 6.29 Å². The third-order valence-corrected chi connectivity index (χ3v) is 2.68. The molecule has 0 radical (unpaired) electrons. The Morgan fingerprint density at radius 1 is 1.10 bits per heavy atom. The van der Waals surface area contributed by atoms with E-state index in [2.05, 4.69) is 0 Å². The zero-order valence-corrected chi connectivity index (χ0v) is 10.5. The molecule has 0 amide bonds. The number of ether oxygens (including phenoxy) is 1. The molecule has 0 saturated heterocycles. The van der Waals surface area contributed by atoms with Crippen molar-refractivity contribution in [2.75, 3.05) is 0 Å². The Morgan fingerprint density at radius 2 is 1.76 bits per heavy atom. The van der Waals surface area contributed by atoms with Crippen LogP contribution in [0.3, 0.4) is 0 Å². The van der Waals surface area contributed by atoms with E-state index in [1.54, 1.807) is 0 Å². The third-order valence-electron chi connectivity index (χ3n) is 2.68. The molecule has 106 valence electrons. The predicted octanol–water partition coefficient (Wildman–Crippen LogP) is 4.18. The van der Waals surface area contributed by atoms with Crippen LogP contribution in [0.25, 0.3) is 0 Å². The van der Waals surface area contributed by atoms with Gasteiger partial charge < -0.3 is 4.74 Å². The summed E-state index contributed by atoms with van der Waals surface area (Å²) in [6.45, 7) is 0. The molecule has 0 bridgehead atoms. The highest BCUT2D eigenvalue weighted by molar-refractivity contribution is 5.80. The van der Waals surface area contributed by atoms with Gasteiger partial charge in [0, 0.05) is 0 Å². The molecule has 2 aromatic carbocycles. The van der Waals surface area contributed by atoms with E-state index in [1.807, 2.05) is 6.07 Å². The molecule has 0 aliphatic heterocycles. The van der Waals surface area contributed by atoms with Crippen molar-refractivity contribution in [2.24, 2.45) is 0 Å². The Kier molecular flexibility index (Phi) is 3.94. The number of carbonyl (C=O) groups is 1. The minimum absolute atomic E-state index is 0.0164. The van der Waals surface area contributed by atoms with Crippen molar-refractivity contribution in [3.05, 3.63) is 59.2 Å². The molecule has 0 fully saturated rings. The molecule has 0 heterocycles. The van der Waals surface area contributed by atoms with E-state index in [1.165, 1.54) is 24.3 Å². The van der Waals surface area contributed by atoms with Crippen LogP contribution in [0.4, 0.5) is 13.2 Å². The van der Waals surface area contributed by atoms with Crippen molar-refractivity contribution in [1.29, 1.82) is 5.26 Å². The normalized spacial score (nSPS) is 10.8. The molecule has 0 N–H and O–H groups in total. The standard InChI is InChI=1S/C15H8F3NO2/c16-15(17,18)12-3-6-14(11(7-12)9-20)21-13-4-1-10(8-19)2-5-13/h1-7,9H. The molecule has 0 aliphatic carbocycles. The zero-order valence-electron chi connectivity index (χ0n) is 10.5. The van der Waals surface area contributed by atoms with Gasteiger partial charge in [-0.3, -0.25) is 4.79 Å². The van der Waals surface area contributed by atoms with Gasteiger partial charge in [0.2, 0.25) is 0 Å². The van der Waals surface area contributed by atoms with E-state index >= 15 is 0 Å². The first-order valence-electron chi connectivity index (χ1n) is 5.78. The lowest BCUT2D eigenvalue weighted by atomic mass is 10.1. The fourth-order valence-electron chi connectivity index (χ4n) is 1.63. The van der Waals surface area contributed by atoms with E-state index in [9.17, 15) is 18.0 Å². The summed E-state index contributed by atoms with van der Waals surface area (Å²) in [5.41, 5.74) is -0.698. The Morgan fingerprint density at radius 3 is 2.29 bits per heavy atom. The number of alkyl halides is 3. The lowest BCUT2D eigenvalue weighted by molar-refractivity contribution is -0.137. The second-order valence-corrected chi connectivity index (χ2v) is 4.11. The highest BCUT2D eigenvalue weighted by Crippen LogP contribution is 2.33. The lowest BCUT2D eigenvalue weighted by Gasteiger charge is -2.11. The van der Waals surface area contributed by atoms with Gasteiger partial charge >= 0.3 is 6.18 Å². The van der Waals surface area contributed by atoms with Crippen LogP contribution in [0, 0.1) is 11.3 Å². The van der Waals surface area contributed by atoms with Crippen molar-refractivity contribution in [3.63, 3.8) is 0 Å². The van der Waals surface area contributed by atoms with Gasteiger partial charge in [-0.05, 0) is 42.5 Å². The van der Waals surface area contributed by atoms with Crippen LogP contribution in [0.5, 0.6) is 11.5 Å². The molecular weight excluding hydrogens is 283 g/mol. The molecular formula is C15H8F3NO2. The average Bonchev–Trinajstić information content (AvgIpc) is 2.47. The van der Waals surface area contributed by atoms with Crippen molar-refractivity contribution >= 4 is 6.29 Å². The van der Waals surface area contributed by atoms with Gasteiger partial charge in [-0.25, -0.2) is 0 Å². The molecule has 0 spiro atoms. The van der Waals surface area contributed by atoms with E-state index < -0.39 is 11.7 Å². The summed E-state index contributed by atoms with van der Waals surface area (Å²) >= 11 is 0. The first-order valence-corrected chi connectivity index (χ1v) is 5.78. The second kappa shape index (κ2) is 5.67. The molecule has 0 saturated carbocycles. The van der Waals surface area contributed by atoms with Gasteiger partial charge in [0.1, 0.15) is 11.5 Å². The summed E-state index contributed by atoms with van der Waals surface area (Å²) in [4.78, 5) is 10.9. The molecule has 0 unspecified atom stereocenters. The van der Waals surface area contributed by atoms with Crippen LogP contribution >= 0.6 is 0 Å². The molecule has 21 heavy (non-hydrogen) atoms. The SMILES string of the molecule is N#Cc1ccc(Oc2ccc(C(F)(F)F)cc2C=O)cc1. The summed E-state index contributed by atoms with van der Waals surface area (Å²) in [5.74, 6) is 0.333. The summed E-state index contributed by atoms with van der Waals surface area (Å²) in [6.07, 6.45) is -4.22. The molecule has 6 heteroatoms. The summed E-state index contributed by atoms with van der Waals surface area (Å²) < 4.78 is 43.0. The second-order valence-electron chi connectivity index (χ2n) is 4.11. The number of benzene rings is 2. The number of carbonyl (C=O) groups excluding carboxylic acids is 1. The maximum atomic E-state index is 12.6. The van der Waals surface area contributed by atoms with Gasteiger partial charge in [-0.1, -0.05) is 0 Å². The first-order chi connectivity index (χ1) is 9.94. The molecule has 2 rings (SSSR count). The number of halogens is 3. The molecule has 0 aromatic heterocycles. The summed E-state index contributed by atoms with van der Waals surface area (Å²) in [6, 6.07) is 10.6. The number of aldehydes is 1. The first kappa shape index (κ1) is 14.6. The number of rotatable bonds is 3. The predicted molar refractivity (Wildman–Crippen MR) is 68.1 cm³/mol. The fraction of sp³-hybridized carbons (Fsp3) is 0.0667. The minimum atomic E-state index is -4.52. The lowest BCUT2D eigenvalue weighted by Crippen LogP contribution is -2.05. The van der Waals surface area contributed by atoms with E-state index in [-0.39, 0.29) is 11.3 Å². The van der Waals surface area contributed by atoms with Crippen molar-refractivity contribution < 1.29 is 22.7 Å². The highest BCUT2D eigenvalue weighted by Gasteiger charge is 2.31. The van der Waals surface area contributed by atoms with Crippen molar-refractivity contribution in [2.45, 2.75) is 6.18 Å². The maximum absolute atomic E-state index is 12.6. The van der Waals surface area contributed by atoms with Gasteiger partial charge in [0.05, 0.1) is 22.8 Å². The molecule has 0 aliphatic rings. The van der Waals surface area contributed by atoms with Crippen molar-refractivity contribution in [3.8, 4) is 17.6 Å². The van der Waals surface area contributed by atoms with Crippen LogP contribution < -0.4 is 4.74 Å². The number of hydrogen-bond acceptors (Lipinski definition) is 3. The number of nitrogens with zero attached hydrogens (tertiary/aromatic N) is 1. The third kappa shape index (κ3) is 3.39.